The zero-order valence-electron chi connectivity index (χ0n) is 23.6. The van der Waals surface area contributed by atoms with E-state index in [1.54, 1.807) is 21.9 Å². The van der Waals surface area contributed by atoms with Crippen molar-refractivity contribution in [1.82, 2.24) is 19.8 Å². The van der Waals surface area contributed by atoms with Gasteiger partial charge >= 0.3 is 0 Å². The molecule has 2 saturated heterocycles. The van der Waals surface area contributed by atoms with Gasteiger partial charge in [0.1, 0.15) is 10.9 Å². The number of hydrogen-bond donors (Lipinski definition) is 2. The van der Waals surface area contributed by atoms with Gasteiger partial charge in [-0.3, -0.25) is 14.4 Å². The predicted molar refractivity (Wildman–Crippen MR) is 162 cm³/mol. The van der Waals surface area contributed by atoms with Gasteiger partial charge in [-0.25, -0.2) is 13.1 Å². The maximum atomic E-state index is 13.8. The number of benzene rings is 3. The Morgan fingerprint density at radius 2 is 1.71 bits per heavy atom. The predicted octanol–water partition coefficient (Wildman–Crippen LogP) is 4.08. The molecule has 12 heteroatoms. The molecule has 2 N–H and O–H groups in total. The third kappa shape index (κ3) is 5.48. The molecule has 222 valence electrons. The van der Waals surface area contributed by atoms with Crippen LogP contribution < -0.4 is 10.0 Å². The van der Waals surface area contributed by atoms with E-state index in [0.717, 1.165) is 10.8 Å². The standard InChI is InChI=1S/C30H32Cl2N4O5S/c1-29(2,3)26(34-27(38)20-10-9-18-7-5-6-8-19(18)13-20)28(39)36-16-24-30(36,4)17-35(24)25(37)15-33-42(40,41)23-14-21(31)11-12-22(23)32/h5-14,24,26,33H,15-17H2,1-4H3,(H,34,38)/t24-,26-,30-/m1/s1. The smallest absolute Gasteiger partial charge is 0.251 e. The SMILES string of the molecule is CC(C)(C)[C@H](NC(=O)c1ccc2ccccc2c1)C(=O)N1C[C@H]2N(C(=O)CNS(=O)(=O)c3cc(Cl)ccc3Cl)C[C@]21C. The first-order valence-corrected chi connectivity index (χ1v) is 15.7. The zero-order chi connectivity index (χ0) is 30.6. The second-order valence-electron chi connectivity index (χ2n) is 12.1. The summed E-state index contributed by atoms with van der Waals surface area (Å²) >= 11 is 11.9. The molecule has 2 fully saturated rings. The van der Waals surface area contributed by atoms with Crippen LogP contribution in [0.15, 0.2) is 65.6 Å². The lowest BCUT2D eigenvalue weighted by Gasteiger charge is -2.69. The molecule has 0 aliphatic carbocycles. The van der Waals surface area contributed by atoms with Gasteiger partial charge in [0.05, 0.1) is 23.1 Å². The summed E-state index contributed by atoms with van der Waals surface area (Å²) in [5.41, 5.74) is -0.728. The van der Waals surface area contributed by atoms with Crippen LogP contribution in [0.3, 0.4) is 0 Å². The molecule has 0 bridgehead atoms. The minimum atomic E-state index is -4.07. The number of carbonyl (C=O) groups is 3. The maximum absolute atomic E-state index is 13.8. The fourth-order valence-corrected chi connectivity index (χ4v) is 7.32. The van der Waals surface area contributed by atoms with E-state index in [0.29, 0.717) is 5.56 Å². The Morgan fingerprint density at radius 1 is 1.02 bits per heavy atom. The van der Waals surface area contributed by atoms with Crippen LogP contribution >= 0.6 is 23.2 Å². The number of piperazine rings is 1. The van der Waals surface area contributed by atoms with Gasteiger partial charge < -0.3 is 15.1 Å². The molecule has 5 rings (SSSR count). The summed E-state index contributed by atoms with van der Waals surface area (Å²) in [6.45, 7) is 7.64. The number of likely N-dealkylation sites (tertiary alicyclic amines) is 2. The fourth-order valence-electron chi connectivity index (χ4n) is 5.59. The lowest BCUT2D eigenvalue weighted by molar-refractivity contribution is -0.206. The summed E-state index contributed by atoms with van der Waals surface area (Å²) < 4.78 is 27.7. The summed E-state index contributed by atoms with van der Waals surface area (Å²) in [5, 5.41) is 5.09. The Morgan fingerprint density at radius 3 is 2.36 bits per heavy atom. The van der Waals surface area contributed by atoms with Crippen molar-refractivity contribution in [2.45, 2.75) is 50.2 Å². The van der Waals surface area contributed by atoms with Gasteiger partial charge in [-0.05, 0) is 53.4 Å². The number of halogens is 2. The van der Waals surface area contributed by atoms with E-state index in [2.05, 4.69) is 10.0 Å². The van der Waals surface area contributed by atoms with Crippen molar-refractivity contribution in [2.24, 2.45) is 5.41 Å². The quantitative estimate of drug-likeness (QED) is 0.408. The first-order valence-electron chi connectivity index (χ1n) is 13.5. The average Bonchev–Trinajstić information content (AvgIpc) is 2.93. The molecule has 9 nitrogen and oxygen atoms in total. The molecule has 42 heavy (non-hydrogen) atoms. The molecule has 3 amide bonds. The first kappa shape index (κ1) is 30.3. The lowest BCUT2D eigenvalue weighted by Crippen LogP contribution is -2.89. The minimum absolute atomic E-state index is 0.00914. The van der Waals surface area contributed by atoms with E-state index in [9.17, 15) is 22.8 Å². The van der Waals surface area contributed by atoms with Gasteiger partial charge in [-0.1, -0.05) is 74.3 Å². The Balaban J connectivity index is 1.22. The number of fused-ring (bicyclic) bond motifs is 2. The lowest BCUT2D eigenvalue weighted by atomic mass is 9.70. The highest BCUT2D eigenvalue weighted by Gasteiger charge is 2.65. The molecule has 0 spiro atoms. The van der Waals surface area contributed by atoms with E-state index >= 15 is 0 Å². The van der Waals surface area contributed by atoms with Gasteiger partial charge in [0, 0.05) is 23.7 Å². The third-order valence-electron chi connectivity index (χ3n) is 8.14. The molecular formula is C30H32Cl2N4O5S. The maximum Gasteiger partial charge on any atom is 0.251 e. The molecule has 0 aromatic heterocycles. The minimum Gasteiger partial charge on any atom is -0.340 e. The van der Waals surface area contributed by atoms with Crippen molar-refractivity contribution in [3.8, 4) is 0 Å². The van der Waals surface area contributed by atoms with E-state index < -0.39 is 39.5 Å². The number of hydrogen-bond acceptors (Lipinski definition) is 5. The molecule has 2 aliphatic heterocycles. The summed E-state index contributed by atoms with van der Waals surface area (Å²) in [5.74, 6) is -0.976. The summed E-state index contributed by atoms with van der Waals surface area (Å²) in [7, 11) is -4.07. The van der Waals surface area contributed by atoms with Crippen molar-refractivity contribution < 1.29 is 22.8 Å². The second-order valence-corrected chi connectivity index (χ2v) is 14.7. The van der Waals surface area contributed by atoms with Gasteiger partial charge in [0.2, 0.25) is 21.8 Å². The van der Waals surface area contributed by atoms with E-state index in [1.165, 1.54) is 18.2 Å². The van der Waals surface area contributed by atoms with Crippen molar-refractivity contribution >= 4 is 61.7 Å². The Bertz CT molecular complexity index is 1710. The van der Waals surface area contributed by atoms with Crippen molar-refractivity contribution in [1.29, 1.82) is 0 Å². The van der Waals surface area contributed by atoms with Crippen molar-refractivity contribution in [2.75, 3.05) is 19.6 Å². The monoisotopic (exact) mass is 630 g/mol. The molecule has 2 heterocycles. The summed E-state index contributed by atoms with van der Waals surface area (Å²) in [6.07, 6.45) is 0. The first-order chi connectivity index (χ1) is 19.6. The van der Waals surface area contributed by atoms with Gasteiger partial charge in [0.25, 0.3) is 5.91 Å². The fraction of sp³-hybridized carbons (Fsp3) is 0.367. The van der Waals surface area contributed by atoms with Crippen LogP contribution in [0.25, 0.3) is 10.8 Å². The molecule has 3 aromatic carbocycles. The van der Waals surface area contributed by atoms with Crippen LogP contribution in [0.2, 0.25) is 10.0 Å². The number of nitrogens with one attached hydrogen (secondary N) is 2. The molecular weight excluding hydrogens is 599 g/mol. The Labute approximate surface area is 255 Å². The molecule has 0 saturated carbocycles. The molecule has 0 radical (unpaired) electrons. The number of carbonyl (C=O) groups excluding carboxylic acids is 3. The molecule has 0 unspecified atom stereocenters. The van der Waals surface area contributed by atoms with Crippen LogP contribution in [0.1, 0.15) is 38.1 Å². The highest BCUT2D eigenvalue weighted by Crippen LogP contribution is 2.45. The van der Waals surface area contributed by atoms with Gasteiger partial charge in [-0.2, -0.15) is 0 Å². The summed E-state index contributed by atoms with van der Waals surface area (Å²) in [4.78, 5) is 43.0. The number of amides is 3. The number of sulfonamides is 1. The van der Waals surface area contributed by atoms with E-state index in [-0.39, 0.29) is 45.9 Å². The highest BCUT2D eigenvalue weighted by molar-refractivity contribution is 7.89. The molecule has 3 atom stereocenters. The van der Waals surface area contributed by atoms with E-state index in [4.69, 9.17) is 23.2 Å². The average molecular weight is 632 g/mol. The molecule has 2 aliphatic rings. The summed E-state index contributed by atoms with van der Waals surface area (Å²) in [6, 6.07) is 16.2. The van der Waals surface area contributed by atoms with Crippen molar-refractivity contribution in [3.63, 3.8) is 0 Å². The van der Waals surface area contributed by atoms with Crippen molar-refractivity contribution in [3.05, 3.63) is 76.3 Å². The number of nitrogens with zero attached hydrogens (tertiary/aromatic N) is 2. The van der Waals surface area contributed by atoms with Crippen LogP contribution in [-0.2, 0) is 19.6 Å². The van der Waals surface area contributed by atoms with E-state index in [1.807, 2.05) is 58.0 Å². The molecule has 3 aromatic rings. The highest BCUT2D eigenvalue weighted by atomic mass is 35.5. The van der Waals surface area contributed by atoms with Crippen LogP contribution in [0.4, 0.5) is 0 Å². The van der Waals surface area contributed by atoms with Gasteiger partial charge in [0.15, 0.2) is 0 Å². The third-order valence-corrected chi connectivity index (χ3v) is 10.3. The van der Waals surface area contributed by atoms with Gasteiger partial charge in [-0.15, -0.1) is 0 Å². The normalized spacial score (nSPS) is 20.8. The Kier molecular flexibility index (Phi) is 7.81. The topological polar surface area (TPSA) is 116 Å². The second kappa shape index (κ2) is 10.8. The van der Waals surface area contributed by atoms with Crippen LogP contribution in [0.5, 0.6) is 0 Å². The number of rotatable bonds is 7. The zero-order valence-corrected chi connectivity index (χ0v) is 26.0. The largest absolute Gasteiger partial charge is 0.340 e. The van der Waals surface area contributed by atoms with Crippen LogP contribution in [0, 0.1) is 5.41 Å². The van der Waals surface area contributed by atoms with Crippen LogP contribution in [-0.4, -0.2) is 73.2 Å². The Hall–Kier alpha value is -3.18.